The van der Waals surface area contributed by atoms with E-state index in [-0.39, 0.29) is 23.1 Å². The van der Waals surface area contributed by atoms with E-state index in [0.717, 1.165) is 38.5 Å². The molecule has 1 unspecified atom stereocenters. The number of carbonyl (C=O) groups excluding carboxylic acids is 2. The Morgan fingerprint density at radius 2 is 1.24 bits per heavy atom. The van der Waals surface area contributed by atoms with Crippen molar-refractivity contribution in [1.82, 2.24) is 10.9 Å². The Hall–Kier alpha value is -2.27. The Morgan fingerprint density at radius 3 is 1.78 bits per heavy atom. The molecule has 0 aliphatic carbocycles. The molecule has 0 aliphatic heterocycles. The predicted molar refractivity (Wildman–Crippen MR) is 155 cm³/mol. The second-order valence-corrected chi connectivity index (χ2v) is 10.7. The van der Waals surface area contributed by atoms with Crippen molar-refractivity contribution in [3.63, 3.8) is 0 Å². The van der Waals surface area contributed by atoms with Gasteiger partial charge in [-0.05, 0) is 18.9 Å². The maximum Gasteiger partial charge on any atom is 0.273 e. The molecule has 2 amide bonds. The van der Waals surface area contributed by atoms with Gasteiger partial charge in [0.2, 0.25) is 5.91 Å². The van der Waals surface area contributed by atoms with Crippen LogP contribution in [-0.4, -0.2) is 16.9 Å². The first-order valence-corrected chi connectivity index (χ1v) is 14.9. The second kappa shape index (κ2) is 18.1. The van der Waals surface area contributed by atoms with E-state index in [0.29, 0.717) is 15.8 Å². The first kappa shape index (κ1) is 31.0. The fourth-order valence-electron chi connectivity index (χ4n) is 4.88. The third-order valence-electron chi connectivity index (χ3n) is 7.19. The molecule has 0 fully saturated rings. The van der Waals surface area contributed by atoms with Gasteiger partial charge < -0.3 is 5.11 Å². The minimum atomic E-state index is -0.580. The number of unbranched alkanes of at least 4 members (excludes halogenated alkanes) is 12. The number of halogens is 1. The standard InChI is InChI=1S/C31H47ClN2O3/c1-3-5-7-9-11-12-14-16-20-24(19-15-13-10-8-6-4-2)30(36)33-34-31(37)27-23-28(32)25-21-17-18-22-26(25)29(27)35/h17-18,21-24,35H,3-16,19-20H2,1-2H3,(H,33,36)(H,34,37). The third kappa shape index (κ3) is 10.9. The summed E-state index contributed by atoms with van der Waals surface area (Å²) in [4.78, 5) is 25.8. The molecule has 206 valence electrons. The number of rotatable bonds is 18. The second-order valence-electron chi connectivity index (χ2n) is 10.3. The number of nitrogens with one attached hydrogen (secondary N) is 2. The van der Waals surface area contributed by atoms with E-state index in [9.17, 15) is 14.7 Å². The quantitative estimate of drug-likeness (QED) is 0.133. The Kier molecular flexibility index (Phi) is 15.1. The topological polar surface area (TPSA) is 78.4 Å². The fraction of sp³-hybridized carbons (Fsp3) is 0.613. The summed E-state index contributed by atoms with van der Waals surface area (Å²) < 4.78 is 0. The van der Waals surface area contributed by atoms with Gasteiger partial charge in [-0.15, -0.1) is 0 Å². The van der Waals surface area contributed by atoms with E-state index < -0.39 is 5.91 Å². The summed E-state index contributed by atoms with van der Waals surface area (Å²) in [5.74, 6) is -1.00. The van der Waals surface area contributed by atoms with Gasteiger partial charge in [0.1, 0.15) is 5.75 Å². The van der Waals surface area contributed by atoms with E-state index >= 15 is 0 Å². The van der Waals surface area contributed by atoms with Crippen molar-refractivity contribution in [2.75, 3.05) is 0 Å². The number of hydrazine groups is 1. The summed E-state index contributed by atoms with van der Waals surface area (Å²) in [5, 5.41) is 12.2. The number of hydrogen-bond donors (Lipinski definition) is 3. The molecule has 2 aromatic rings. The molecule has 0 saturated heterocycles. The number of aromatic hydroxyl groups is 1. The van der Waals surface area contributed by atoms with Crippen molar-refractivity contribution < 1.29 is 14.7 Å². The van der Waals surface area contributed by atoms with Crippen LogP contribution in [0.15, 0.2) is 30.3 Å². The Morgan fingerprint density at radius 1 is 0.757 bits per heavy atom. The first-order valence-electron chi connectivity index (χ1n) is 14.5. The molecule has 0 heterocycles. The van der Waals surface area contributed by atoms with Gasteiger partial charge in [-0.3, -0.25) is 20.4 Å². The van der Waals surface area contributed by atoms with Crippen molar-refractivity contribution in [1.29, 1.82) is 0 Å². The first-order chi connectivity index (χ1) is 18.0. The van der Waals surface area contributed by atoms with Crippen LogP contribution in [0, 0.1) is 5.92 Å². The van der Waals surface area contributed by atoms with E-state index in [1.807, 2.05) is 6.07 Å². The number of amides is 2. The van der Waals surface area contributed by atoms with Gasteiger partial charge in [0.25, 0.3) is 5.91 Å². The molecule has 0 aromatic heterocycles. The Bertz CT molecular complexity index is 963. The molecule has 0 spiro atoms. The summed E-state index contributed by atoms with van der Waals surface area (Å²) in [6.07, 6.45) is 18.6. The summed E-state index contributed by atoms with van der Waals surface area (Å²) >= 11 is 6.33. The van der Waals surface area contributed by atoms with Crippen molar-refractivity contribution in [2.45, 2.75) is 117 Å². The Labute approximate surface area is 228 Å². The van der Waals surface area contributed by atoms with Crippen molar-refractivity contribution in [2.24, 2.45) is 5.92 Å². The minimum Gasteiger partial charge on any atom is -0.506 e. The molecule has 0 saturated carbocycles. The molecule has 37 heavy (non-hydrogen) atoms. The number of fused-ring (bicyclic) bond motifs is 1. The van der Waals surface area contributed by atoms with Crippen LogP contribution in [0.2, 0.25) is 5.02 Å². The lowest BCUT2D eigenvalue weighted by atomic mass is 9.93. The highest BCUT2D eigenvalue weighted by molar-refractivity contribution is 6.36. The van der Waals surface area contributed by atoms with Gasteiger partial charge in [-0.1, -0.05) is 140 Å². The zero-order valence-electron chi connectivity index (χ0n) is 22.9. The molecule has 0 bridgehead atoms. The minimum absolute atomic E-state index is 0.0412. The summed E-state index contributed by atoms with van der Waals surface area (Å²) in [7, 11) is 0. The summed E-state index contributed by atoms with van der Waals surface area (Å²) in [5.41, 5.74) is 5.16. The van der Waals surface area contributed by atoms with Crippen LogP contribution in [0.5, 0.6) is 5.75 Å². The van der Waals surface area contributed by atoms with E-state index in [2.05, 4.69) is 24.7 Å². The smallest absolute Gasteiger partial charge is 0.273 e. The number of phenols is 1. The molecular formula is C31H47ClN2O3. The molecule has 1 atom stereocenters. The number of phenolic OH excluding ortho intramolecular Hbond substituents is 1. The van der Waals surface area contributed by atoms with Crippen LogP contribution < -0.4 is 10.9 Å². The van der Waals surface area contributed by atoms with Crippen LogP contribution in [-0.2, 0) is 4.79 Å². The zero-order chi connectivity index (χ0) is 26.9. The van der Waals surface area contributed by atoms with Crippen LogP contribution in [0.3, 0.4) is 0 Å². The summed E-state index contributed by atoms with van der Waals surface area (Å²) in [6.45, 7) is 4.45. The largest absolute Gasteiger partial charge is 0.506 e. The van der Waals surface area contributed by atoms with Crippen LogP contribution in [0.4, 0.5) is 0 Å². The van der Waals surface area contributed by atoms with Crippen molar-refractivity contribution in [3.8, 4) is 5.75 Å². The number of carbonyl (C=O) groups is 2. The van der Waals surface area contributed by atoms with Gasteiger partial charge in [-0.25, -0.2) is 0 Å². The fourth-order valence-corrected chi connectivity index (χ4v) is 5.15. The highest BCUT2D eigenvalue weighted by Crippen LogP contribution is 2.34. The normalized spacial score (nSPS) is 12.0. The summed E-state index contributed by atoms with van der Waals surface area (Å²) in [6, 6.07) is 8.55. The maximum absolute atomic E-state index is 13.0. The third-order valence-corrected chi connectivity index (χ3v) is 7.51. The lowest BCUT2D eigenvalue weighted by molar-refractivity contribution is -0.126. The molecule has 2 aromatic carbocycles. The van der Waals surface area contributed by atoms with E-state index in [1.54, 1.807) is 18.2 Å². The average Bonchev–Trinajstić information content (AvgIpc) is 2.91. The van der Waals surface area contributed by atoms with Gasteiger partial charge in [0, 0.05) is 21.7 Å². The average molecular weight is 531 g/mol. The number of hydrogen-bond acceptors (Lipinski definition) is 3. The van der Waals surface area contributed by atoms with Crippen LogP contribution in [0.1, 0.15) is 127 Å². The lowest BCUT2D eigenvalue weighted by Crippen LogP contribution is -2.44. The molecular weight excluding hydrogens is 484 g/mol. The van der Waals surface area contributed by atoms with Crippen LogP contribution >= 0.6 is 11.6 Å². The van der Waals surface area contributed by atoms with Crippen molar-refractivity contribution >= 4 is 34.2 Å². The van der Waals surface area contributed by atoms with Gasteiger partial charge in [0.05, 0.1) is 5.56 Å². The van der Waals surface area contributed by atoms with Gasteiger partial charge in [-0.2, -0.15) is 0 Å². The molecule has 5 nitrogen and oxygen atoms in total. The highest BCUT2D eigenvalue weighted by Gasteiger charge is 2.21. The molecule has 6 heteroatoms. The predicted octanol–water partition coefficient (Wildman–Crippen LogP) is 8.86. The molecule has 0 radical (unpaired) electrons. The lowest BCUT2D eigenvalue weighted by Gasteiger charge is -2.18. The van der Waals surface area contributed by atoms with Crippen LogP contribution in [0.25, 0.3) is 10.8 Å². The van der Waals surface area contributed by atoms with E-state index in [4.69, 9.17) is 11.6 Å². The SMILES string of the molecule is CCCCCCCCCCC(CCCCCCCC)C(=O)NNC(=O)c1cc(Cl)c2ccccc2c1O. The van der Waals surface area contributed by atoms with Crippen molar-refractivity contribution in [3.05, 3.63) is 40.9 Å². The maximum atomic E-state index is 13.0. The molecule has 2 rings (SSSR count). The highest BCUT2D eigenvalue weighted by atomic mass is 35.5. The zero-order valence-corrected chi connectivity index (χ0v) is 23.7. The monoisotopic (exact) mass is 530 g/mol. The number of benzene rings is 2. The van der Waals surface area contributed by atoms with Gasteiger partial charge in [0.15, 0.2) is 0 Å². The van der Waals surface area contributed by atoms with Gasteiger partial charge >= 0.3 is 0 Å². The molecule has 3 N–H and O–H groups in total. The molecule has 0 aliphatic rings. The van der Waals surface area contributed by atoms with E-state index in [1.165, 1.54) is 70.3 Å². The Balaban J connectivity index is 1.89.